The van der Waals surface area contributed by atoms with Crippen LogP contribution in [0.5, 0.6) is 0 Å². The number of fused-ring (bicyclic) bond motifs is 1. The van der Waals surface area contributed by atoms with E-state index in [9.17, 15) is 9.59 Å². The zero-order valence-electron chi connectivity index (χ0n) is 15.2. The van der Waals surface area contributed by atoms with Gasteiger partial charge in [0.15, 0.2) is 0 Å². The summed E-state index contributed by atoms with van der Waals surface area (Å²) in [5, 5.41) is 11.2. The molecule has 2 aromatic heterocycles. The van der Waals surface area contributed by atoms with E-state index >= 15 is 0 Å². The summed E-state index contributed by atoms with van der Waals surface area (Å²) in [5.74, 6) is 0.0802. The lowest BCUT2D eigenvalue weighted by atomic mass is 9.93. The molecule has 26 heavy (non-hydrogen) atoms. The number of hydrogen-bond acceptors (Lipinski definition) is 6. The number of rotatable bonds is 3. The SMILES string of the molecule is CNC1CCN(c2cc3c(cn2)c(C2CCC(=O)NC2=O)nn3C)CC1. The summed E-state index contributed by atoms with van der Waals surface area (Å²) in [6.07, 6.45) is 4.86. The van der Waals surface area contributed by atoms with E-state index in [1.807, 2.05) is 20.3 Å². The molecule has 1 unspecified atom stereocenters. The fourth-order valence-corrected chi connectivity index (χ4v) is 3.95. The predicted octanol–water partition coefficient (Wildman–Crippen LogP) is 0.677. The standard InChI is InChI=1S/C18H24N6O2/c1-19-11-5-7-24(8-6-11)15-9-14-13(10-20-15)17(22-23(14)2)12-3-4-16(25)21-18(12)26/h9-12,19H,3-8H2,1-2H3,(H,21,25,26). The smallest absolute Gasteiger partial charge is 0.235 e. The molecule has 0 radical (unpaired) electrons. The average molecular weight is 356 g/mol. The summed E-state index contributed by atoms with van der Waals surface area (Å²) in [6.45, 7) is 1.95. The lowest BCUT2D eigenvalue weighted by Gasteiger charge is -2.32. The minimum atomic E-state index is -0.393. The minimum absolute atomic E-state index is 0.211. The molecule has 8 nitrogen and oxygen atoms in total. The molecule has 2 aliphatic rings. The Hall–Kier alpha value is -2.48. The third-order valence-corrected chi connectivity index (χ3v) is 5.55. The quantitative estimate of drug-likeness (QED) is 0.786. The number of nitrogens with zero attached hydrogens (tertiary/aromatic N) is 4. The zero-order chi connectivity index (χ0) is 18.3. The summed E-state index contributed by atoms with van der Waals surface area (Å²) < 4.78 is 1.81. The fraction of sp³-hybridized carbons (Fsp3) is 0.556. The van der Waals surface area contributed by atoms with Crippen molar-refractivity contribution in [1.29, 1.82) is 0 Å². The van der Waals surface area contributed by atoms with Crippen molar-refractivity contribution in [1.82, 2.24) is 25.4 Å². The molecule has 2 saturated heterocycles. The van der Waals surface area contributed by atoms with Gasteiger partial charge in [0.1, 0.15) is 5.82 Å². The maximum Gasteiger partial charge on any atom is 0.235 e. The Balaban J connectivity index is 1.63. The Kier molecular flexibility index (Phi) is 4.36. The topological polar surface area (TPSA) is 92.2 Å². The van der Waals surface area contributed by atoms with Crippen molar-refractivity contribution in [3.63, 3.8) is 0 Å². The van der Waals surface area contributed by atoms with Gasteiger partial charge in [-0.25, -0.2) is 4.98 Å². The Bertz CT molecular complexity index is 853. The molecule has 2 N–H and O–H groups in total. The van der Waals surface area contributed by atoms with Gasteiger partial charge in [-0.15, -0.1) is 0 Å². The molecule has 0 bridgehead atoms. The summed E-state index contributed by atoms with van der Waals surface area (Å²) in [6, 6.07) is 2.63. The molecule has 0 saturated carbocycles. The largest absolute Gasteiger partial charge is 0.356 e. The van der Waals surface area contributed by atoms with Crippen LogP contribution in [-0.2, 0) is 16.6 Å². The van der Waals surface area contributed by atoms with E-state index in [4.69, 9.17) is 0 Å². The van der Waals surface area contributed by atoms with Crippen molar-refractivity contribution in [2.75, 3.05) is 25.0 Å². The number of pyridine rings is 1. The minimum Gasteiger partial charge on any atom is -0.356 e. The predicted molar refractivity (Wildman–Crippen MR) is 97.9 cm³/mol. The second kappa shape index (κ2) is 6.68. The van der Waals surface area contributed by atoms with Crippen LogP contribution in [0.1, 0.15) is 37.3 Å². The molecule has 8 heteroatoms. The second-order valence-corrected chi connectivity index (χ2v) is 7.12. The highest BCUT2D eigenvalue weighted by atomic mass is 16.2. The van der Waals surface area contributed by atoms with E-state index in [1.165, 1.54) is 0 Å². The van der Waals surface area contributed by atoms with E-state index in [0.717, 1.165) is 42.7 Å². The molecule has 2 aromatic rings. The van der Waals surface area contributed by atoms with Gasteiger partial charge in [-0.2, -0.15) is 5.10 Å². The van der Waals surface area contributed by atoms with E-state index in [-0.39, 0.29) is 11.8 Å². The summed E-state index contributed by atoms with van der Waals surface area (Å²) >= 11 is 0. The fourth-order valence-electron chi connectivity index (χ4n) is 3.95. The Morgan fingerprint density at radius 2 is 2.00 bits per heavy atom. The zero-order valence-corrected chi connectivity index (χ0v) is 15.2. The molecule has 0 spiro atoms. The summed E-state index contributed by atoms with van der Waals surface area (Å²) in [5.41, 5.74) is 1.67. The van der Waals surface area contributed by atoms with E-state index in [1.54, 1.807) is 4.68 Å². The summed E-state index contributed by atoms with van der Waals surface area (Å²) in [4.78, 5) is 30.6. The molecule has 4 heterocycles. The van der Waals surface area contributed by atoms with Crippen LogP contribution in [0, 0.1) is 0 Å². The van der Waals surface area contributed by atoms with Gasteiger partial charge in [0.2, 0.25) is 11.8 Å². The van der Waals surface area contributed by atoms with Gasteiger partial charge in [0.05, 0.1) is 17.1 Å². The number of carbonyl (C=O) groups is 2. The van der Waals surface area contributed by atoms with Crippen molar-refractivity contribution < 1.29 is 9.59 Å². The van der Waals surface area contributed by atoms with Crippen LogP contribution in [-0.4, -0.2) is 52.8 Å². The highest BCUT2D eigenvalue weighted by Crippen LogP contribution is 2.31. The Labute approximate surface area is 151 Å². The van der Waals surface area contributed by atoms with Crippen LogP contribution in [0.4, 0.5) is 5.82 Å². The van der Waals surface area contributed by atoms with Gasteiger partial charge in [0, 0.05) is 50.2 Å². The van der Waals surface area contributed by atoms with Gasteiger partial charge in [-0.05, 0) is 26.3 Å². The van der Waals surface area contributed by atoms with Crippen LogP contribution >= 0.6 is 0 Å². The first-order valence-electron chi connectivity index (χ1n) is 9.15. The van der Waals surface area contributed by atoms with E-state index in [0.29, 0.717) is 24.6 Å². The number of aryl methyl sites for hydroxylation is 1. The molecule has 138 valence electrons. The number of nitrogens with one attached hydrogen (secondary N) is 2. The van der Waals surface area contributed by atoms with Crippen LogP contribution < -0.4 is 15.5 Å². The summed E-state index contributed by atoms with van der Waals surface area (Å²) in [7, 11) is 3.89. The van der Waals surface area contributed by atoms with Crippen LogP contribution in [0.25, 0.3) is 10.9 Å². The van der Waals surface area contributed by atoms with Crippen molar-refractivity contribution in [3.8, 4) is 0 Å². The molecule has 0 aliphatic carbocycles. The number of imide groups is 1. The third-order valence-electron chi connectivity index (χ3n) is 5.55. The first kappa shape index (κ1) is 17.0. The normalized spacial score (nSPS) is 22.1. The van der Waals surface area contributed by atoms with Gasteiger partial charge in [0.25, 0.3) is 0 Å². The molecular weight excluding hydrogens is 332 g/mol. The molecule has 1 atom stereocenters. The van der Waals surface area contributed by atoms with Crippen LogP contribution in [0.3, 0.4) is 0 Å². The van der Waals surface area contributed by atoms with Crippen molar-refractivity contribution in [2.24, 2.45) is 7.05 Å². The lowest BCUT2D eigenvalue weighted by Crippen LogP contribution is -2.41. The van der Waals surface area contributed by atoms with Crippen molar-refractivity contribution >= 4 is 28.5 Å². The first-order valence-corrected chi connectivity index (χ1v) is 9.15. The van der Waals surface area contributed by atoms with E-state index < -0.39 is 5.92 Å². The molecule has 2 fully saturated rings. The van der Waals surface area contributed by atoms with Gasteiger partial charge < -0.3 is 10.2 Å². The highest BCUT2D eigenvalue weighted by molar-refractivity contribution is 6.02. The van der Waals surface area contributed by atoms with Crippen molar-refractivity contribution in [2.45, 2.75) is 37.6 Å². The molecule has 2 amide bonds. The average Bonchev–Trinajstić information content (AvgIpc) is 2.98. The van der Waals surface area contributed by atoms with Gasteiger partial charge in [-0.1, -0.05) is 0 Å². The number of aromatic nitrogens is 3. The highest BCUT2D eigenvalue weighted by Gasteiger charge is 2.32. The van der Waals surface area contributed by atoms with Gasteiger partial charge >= 0.3 is 0 Å². The molecule has 2 aliphatic heterocycles. The molecule has 0 aromatic carbocycles. The Morgan fingerprint density at radius 3 is 2.69 bits per heavy atom. The number of anilines is 1. The lowest BCUT2D eigenvalue weighted by molar-refractivity contribution is -0.134. The monoisotopic (exact) mass is 356 g/mol. The van der Waals surface area contributed by atoms with E-state index in [2.05, 4.69) is 31.7 Å². The Morgan fingerprint density at radius 1 is 1.23 bits per heavy atom. The van der Waals surface area contributed by atoms with Gasteiger partial charge in [-0.3, -0.25) is 19.6 Å². The van der Waals surface area contributed by atoms with Crippen LogP contribution in [0.15, 0.2) is 12.3 Å². The number of piperidine rings is 2. The van der Waals surface area contributed by atoms with Crippen LogP contribution in [0.2, 0.25) is 0 Å². The second-order valence-electron chi connectivity index (χ2n) is 7.12. The maximum absolute atomic E-state index is 12.2. The van der Waals surface area contributed by atoms with Crippen molar-refractivity contribution in [3.05, 3.63) is 18.0 Å². The third kappa shape index (κ3) is 2.94. The number of hydrogen-bond donors (Lipinski definition) is 2. The molecule has 4 rings (SSSR count). The first-order chi connectivity index (χ1) is 12.6. The number of amides is 2. The maximum atomic E-state index is 12.2. The molecular formula is C18H24N6O2. The number of carbonyl (C=O) groups excluding carboxylic acids is 2.